The zero-order chi connectivity index (χ0) is 18.0. The standard InChI is InChI=1S/C18H30N4O2.HI/c1-6-19-17(21-12-16(23)22-18(2,3)4)20-11-14-9-7-8-10-15(14)13-24-5;/h7-10H,6,11-13H2,1-5H3,(H,22,23)(H2,19,20,21);1H. The van der Waals surface area contributed by atoms with Crippen molar-refractivity contribution < 1.29 is 9.53 Å². The summed E-state index contributed by atoms with van der Waals surface area (Å²) in [5, 5.41) is 9.13. The molecule has 0 bridgehead atoms. The van der Waals surface area contributed by atoms with Gasteiger partial charge in [0.05, 0.1) is 19.7 Å². The van der Waals surface area contributed by atoms with Gasteiger partial charge in [-0.25, -0.2) is 4.99 Å². The maximum atomic E-state index is 11.9. The molecular weight excluding hydrogens is 431 g/mol. The Balaban J connectivity index is 0.00000576. The Kier molecular flexibility index (Phi) is 11.4. The quantitative estimate of drug-likeness (QED) is 0.331. The third-order valence-corrected chi connectivity index (χ3v) is 3.10. The van der Waals surface area contributed by atoms with Gasteiger partial charge in [0, 0.05) is 19.2 Å². The van der Waals surface area contributed by atoms with Crippen LogP contribution >= 0.6 is 24.0 Å². The number of hydrogen-bond donors (Lipinski definition) is 3. The summed E-state index contributed by atoms with van der Waals surface area (Å²) in [6.45, 7) is 9.85. The average molecular weight is 462 g/mol. The Morgan fingerprint density at radius 2 is 1.80 bits per heavy atom. The van der Waals surface area contributed by atoms with Crippen molar-refractivity contribution in [3.05, 3.63) is 35.4 Å². The third-order valence-electron chi connectivity index (χ3n) is 3.10. The minimum absolute atomic E-state index is 0. The summed E-state index contributed by atoms with van der Waals surface area (Å²) in [4.78, 5) is 16.5. The fraction of sp³-hybridized carbons (Fsp3) is 0.556. The second kappa shape index (κ2) is 12.1. The van der Waals surface area contributed by atoms with Gasteiger partial charge < -0.3 is 20.7 Å². The number of carbonyl (C=O) groups excluding carboxylic acids is 1. The number of amides is 1. The highest BCUT2D eigenvalue weighted by atomic mass is 127. The first-order valence-corrected chi connectivity index (χ1v) is 8.24. The monoisotopic (exact) mass is 462 g/mol. The Morgan fingerprint density at radius 1 is 1.16 bits per heavy atom. The number of carbonyl (C=O) groups is 1. The highest BCUT2D eigenvalue weighted by Crippen LogP contribution is 2.11. The lowest BCUT2D eigenvalue weighted by molar-refractivity contribution is -0.121. The predicted molar refractivity (Wildman–Crippen MR) is 113 cm³/mol. The van der Waals surface area contributed by atoms with E-state index >= 15 is 0 Å². The molecule has 0 aliphatic carbocycles. The minimum atomic E-state index is -0.243. The zero-order valence-electron chi connectivity index (χ0n) is 15.8. The number of halogens is 1. The van der Waals surface area contributed by atoms with Crippen LogP contribution in [0.25, 0.3) is 0 Å². The summed E-state index contributed by atoms with van der Waals surface area (Å²) in [6.07, 6.45) is 0. The molecule has 25 heavy (non-hydrogen) atoms. The van der Waals surface area contributed by atoms with Gasteiger partial charge in [0.25, 0.3) is 0 Å². The number of nitrogens with zero attached hydrogens (tertiary/aromatic N) is 1. The van der Waals surface area contributed by atoms with Crippen molar-refractivity contribution in [2.75, 3.05) is 20.2 Å². The van der Waals surface area contributed by atoms with Crippen molar-refractivity contribution >= 4 is 35.8 Å². The molecule has 0 aromatic heterocycles. The van der Waals surface area contributed by atoms with Crippen LogP contribution in [0.5, 0.6) is 0 Å². The summed E-state index contributed by atoms with van der Waals surface area (Å²) in [5.74, 6) is 0.557. The van der Waals surface area contributed by atoms with Gasteiger partial charge in [0.1, 0.15) is 0 Å². The average Bonchev–Trinajstić information content (AvgIpc) is 2.50. The number of rotatable bonds is 7. The molecule has 0 unspecified atom stereocenters. The highest BCUT2D eigenvalue weighted by Gasteiger charge is 2.13. The summed E-state index contributed by atoms with van der Waals surface area (Å²) < 4.78 is 5.22. The van der Waals surface area contributed by atoms with Gasteiger partial charge in [-0.3, -0.25) is 4.79 Å². The van der Waals surface area contributed by atoms with E-state index in [0.717, 1.165) is 17.7 Å². The van der Waals surface area contributed by atoms with Crippen molar-refractivity contribution in [2.24, 2.45) is 4.99 Å². The van der Waals surface area contributed by atoms with Crippen LogP contribution in [-0.4, -0.2) is 37.6 Å². The first kappa shape index (κ1) is 23.6. The second-order valence-corrected chi connectivity index (χ2v) is 6.55. The van der Waals surface area contributed by atoms with Crippen LogP contribution in [0.1, 0.15) is 38.8 Å². The molecule has 3 N–H and O–H groups in total. The Hall–Kier alpha value is -1.35. The number of ether oxygens (including phenoxy) is 1. The van der Waals surface area contributed by atoms with E-state index in [4.69, 9.17) is 4.74 Å². The molecule has 6 nitrogen and oxygen atoms in total. The van der Waals surface area contributed by atoms with Crippen molar-refractivity contribution in [1.29, 1.82) is 0 Å². The lowest BCUT2D eigenvalue weighted by Gasteiger charge is -2.21. The Labute approximate surface area is 168 Å². The van der Waals surface area contributed by atoms with Crippen molar-refractivity contribution in [3.8, 4) is 0 Å². The van der Waals surface area contributed by atoms with Gasteiger partial charge in [0.2, 0.25) is 5.91 Å². The van der Waals surface area contributed by atoms with Crippen LogP contribution in [0.15, 0.2) is 29.3 Å². The van der Waals surface area contributed by atoms with Gasteiger partial charge in [-0.1, -0.05) is 24.3 Å². The van der Waals surface area contributed by atoms with E-state index in [1.807, 2.05) is 52.0 Å². The van der Waals surface area contributed by atoms with E-state index in [0.29, 0.717) is 19.1 Å². The number of benzene rings is 1. The molecule has 1 amide bonds. The Morgan fingerprint density at radius 3 is 2.36 bits per heavy atom. The van der Waals surface area contributed by atoms with E-state index in [1.165, 1.54) is 0 Å². The molecule has 0 aliphatic rings. The molecule has 0 saturated heterocycles. The smallest absolute Gasteiger partial charge is 0.239 e. The predicted octanol–water partition coefficient (Wildman–Crippen LogP) is 2.42. The van der Waals surface area contributed by atoms with Gasteiger partial charge in [0.15, 0.2) is 5.96 Å². The second-order valence-electron chi connectivity index (χ2n) is 6.55. The molecule has 0 radical (unpaired) electrons. The molecule has 0 fully saturated rings. The van der Waals surface area contributed by atoms with Crippen LogP contribution in [0, 0.1) is 0 Å². The molecule has 1 aromatic rings. The molecular formula is C18H31IN4O2. The van der Waals surface area contributed by atoms with Gasteiger partial charge >= 0.3 is 0 Å². The molecule has 0 aliphatic heterocycles. The van der Waals surface area contributed by atoms with Crippen molar-refractivity contribution in [2.45, 2.75) is 46.4 Å². The van der Waals surface area contributed by atoms with E-state index in [9.17, 15) is 4.79 Å². The lowest BCUT2D eigenvalue weighted by Crippen LogP contribution is -2.48. The van der Waals surface area contributed by atoms with Crippen molar-refractivity contribution in [3.63, 3.8) is 0 Å². The fourth-order valence-electron chi connectivity index (χ4n) is 2.14. The third kappa shape index (κ3) is 10.3. The summed E-state index contributed by atoms with van der Waals surface area (Å²) in [5.41, 5.74) is 1.98. The number of hydrogen-bond acceptors (Lipinski definition) is 3. The van der Waals surface area contributed by atoms with Crippen LogP contribution < -0.4 is 16.0 Å². The molecule has 0 atom stereocenters. The van der Waals surface area contributed by atoms with Gasteiger partial charge in [-0.2, -0.15) is 0 Å². The highest BCUT2D eigenvalue weighted by molar-refractivity contribution is 14.0. The number of methoxy groups -OCH3 is 1. The summed E-state index contributed by atoms with van der Waals surface area (Å²) in [6, 6.07) is 8.04. The SMILES string of the molecule is CCNC(=NCc1ccccc1COC)NCC(=O)NC(C)(C)C.I. The number of guanidine groups is 1. The number of nitrogens with one attached hydrogen (secondary N) is 3. The molecule has 7 heteroatoms. The molecule has 142 valence electrons. The molecule has 0 heterocycles. The molecule has 1 rings (SSSR count). The molecule has 1 aromatic carbocycles. The van der Waals surface area contributed by atoms with Gasteiger partial charge in [-0.15, -0.1) is 24.0 Å². The van der Waals surface area contributed by atoms with E-state index in [1.54, 1.807) is 7.11 Å². The summed E-state index contributed by atoms with van der Waals surface area (Å²) in [7, 11) is 1.68. The van der Waals surface area contributed by atoms with Gasteiger partial charge in [-0.05, 0) is 38.8 Å². The van der Waals surface area contributed by atoms with Crippen LogP contribution in [0.2, 0.25) is 0 Å². The first-order chi connectivity index (χ1) is 11.4. The number of aliphatic imine (C=N–C) groups is 1. The normalized spacial score (nSPS) is 11.5. The van der Waals surface area contributed by atoms with Crippen molar-refractivity contribution in [1.82, 2.24) is 16.0 Å². The lowest BCUT2D eigenvalue weighted by atomic mass is 10.1. The van der Waals surface area contributed by atoms with Crippen LogP contribution in [0.3, 0.4) is 0 Å². The topological polar surface area (TPSA) is 74.8 Å². The van der Waals surface area contributed by atoms with E-state index in [-0.39, 0.29) is 42.0 Å². The largest absolute Gasteiger partial charge is 0.380 e. The van der Waals surface area contributed by atoms with E-state index < -0.39 is 0 Å². The first-order valence-electron chi connectivity index (χ1n) is 8.24. The van der Waals surface area contributed by atoms with Crippen LogP contribution in [0.4, 0.5) is 0 Å². The maximum absolute atomic E-state index is 11.9. The maximum Gasteiger partial charge on any atom is 0.239 e. The van der Waals surface area contributed by atoms with E-state index in [2.05, 4.69) is 20.9 Å². The fourth-order valence-corrected chi connectivity index (χ4v) is 2.14. The van der Waals surface area contributed by atoms with Crippen LogP contribution in [-0.2, 0) is 22.7 Å². The molecule has 0 saturated carbocycles. The Bertz CT molecular complexity index is 556. The summed E-state index contributed by atoms with van der Waals surface area (Å²) >= 11 is 0. The zero-order valence-corrected chi connectivity index (χ0v) is 18.1. The molecule has 0 spiro atoms. The minimum Gasteiger partial charge on any atom is -0.380 e.